The van der Waals surface area contributed by atoms with Crippen molar-refractivity contribution in [2.24, 2.45) is 0 Å². The standard InChI is InChI=1S/C19H22N2O2/c1-13(16-8-5-4-6-9-16)20-14(2)19(23)21-18-11-7-10-17(12-18)15(3)22/h4-14,20H,1-3H3,(H,21,23)/p+1/t13-,14-/m0/s1. The molecule has 0 unspecified atom stereocenters. The summed E-state index contributed by atoms with van der Waals surface area (Å²) < 4.78 is 0. The molecular formula is C19H23N2O2+. The maximum Gasteiger partial charge on any atom is 0.282 e. The summed E-state index contributed by atoms with van der Waals surface area (Å²) in [5, 5.41) is 4.90. The van der Waals surface area contributed by atoms with E-state index in [4.69, 9.17) is 0 Å². The third-order valence-electron chi connectivity index (χ3n) is 3.85. The van der Waals surface area contributed by atoms with E-state index < -0.39 is 0 Å². The number of Topliss-reactive ketones (excluding diaryl/α,β-unsaturated/α-hetero) is 1. The third-order valence-corrected chi connectivity index (χ3v) is 3.85. The van der Waals surface area contributed by atoms with Crippen molar-refractivity contribution in [3.63, 3.8) is 0 Å². The maximum absolute atomic E-state index is 12.3. The van der Waals surface area contributed by atoms with Crippen molar-refractivity contribution in [2.75, 3.05) is 5.32 Å². The number of nitrogens with two attached hydrogens (primary N) is 1. The van der Waals surface area contributed by atoms with Gasteiger partial charge in [-0.05, 0) is 32.9 Å². The van der Waals surface area contributed by atoms with E-state index in [0.717, 1.165) is 0 Å². The Morgan fingerprint density at radius 3 is 2.35 bits per heavy atom. The fourth-order valence-electron chi connectivity index (χ4n) is 2.46. The zero-order valence-electron chi connectivity index (χ0n) is 13.7. The summed E-state index contributed by atoms with van der Waals surface area (Å²) in [4.78, 5) is 23.7. The van der Waals surface area contributed by atoms with Gasteiger partial charge in [0.25, 0.3) is 5.91 Å². The van der Waals surface area contributed by atoms with Crippen molar-refractivity contribution >= 4 is 17.4 Å². The number of hydrogen-bond donors (Lipinski definition) is 2. The summed E-state index contributed by atoms with van der Waals surface area (Å²) >= 11 is 0. The van der Waals surface area contributed by atoms with Crippen LogP contribution in [0.3, 0.4) is 0 Å². The molecule has 120 valence electrons. The molecule has 0 aromatic heterocycles. The molecule has 0 aliphatic rings. The molecule has 2 aromatic rings. The summed E-state index contributed by atoms with van der Waals surface area (Å²) in [6.07, 6.45) is 0. The molecule has 2 rings (SSSR count). The smallest absolute Gasteiger partial charge is 0.282 e. The van der Waals surface area contributed by atoms with E-state index in [1.54, 1.807) is 24.3 Å². The number of hydrogen-bond acceptors (Lipinski definition) is 2. The molecule has 4 nitrogen and oxygen atoms in total. The van der Waals surface area contributed by atoms with Gasteiger partial charge in [-0.15, -0.1) is 0 Å². The first kappa shape index (κ1) is 16.9. The van der Waals surface area contributed by atoms with E-state index in [0.29, 0.717) is 11.3 Å². The molecule has 0 bridgehead atoms. The molecule has 0 fully saturated rings. The average Bonchev–Trinajstić information content (AvgIpc) is 2.55. The molecule has 0 heterocycles. The van der Waals surface area contributed by atoms with Gasteiger partial charge in [0.05, 0.1) is 0 Å². The van der Waals surface area contributed by atoms with Gasteiger partial charge in [-0.1, -0.05) is 42.5 Å². The van der Waals surface area contributed by atoms with E-state index in [1.165, 1.54) is 12.5 Å². The first-order valence-electron chi connectivity index (χ1n) is 7.79. The van der Waals surface area contributed by atoms with Crippen molar-refractivity contribution in [1.82, 2.24) is 0 Å². The Kier molecular flexibility index (Phi) is 5.66. The number of ketones is 1. The van der Waals surface area contributed by atoms with Crippen molar-refractivity contribution in [1.29, 1.82) is 0 Å². The highest BCUT2D eigenvalue weighted by Crippen LogP contribution is 2.11. The molecule has 2 atom stereocenters. The molecule has 0 saturated heterocycles. The Morgan fingerprint density at radius 2 is 1.70 bits per heavy atom. The minimum Gasteiger partial charge on any atom is -0.330 e. The fourth-order valence-corrected chi connectivity index (χ4v) is 2.46. The average molecular weight is 311 g/mol. The molecule has 23 heavy (non-hydrogen) atoms. The maximum atomic E-state index is 12.3. The molecule has 2 aromatic carbocycles. The van der Waals surface area contributed by atoms with Gasteiger partial charge in [0.1, 0.15) is 6.04 Å². The Morgan fingerprint density at radius 1 is 1.00 bits per heavy atom. The number of amides is 1. The van der Waals surface area contributed by atoms with E-state index in [9.17, 15) is 9.59 Å². The highest BCUT2D eigenvalue weighted by Gasteiger charge is 2.20. The van der Waals surface area contributed by atoms with E-state index in [-0.39, 0.29) is 23.8 Å². The molecule has 0 saturated carbocycles. The lowest BCUT2D eigenvalue weighted by atomic mass is 10.1. The van der Waals surface area contributed by atoms with E-state index in [2.05, 4.69) is 24.4 Å². The van der Waals surface area contributed by atoms with Gasteiger partial charge in [-0.3, -0.25) is 9.59 Å². The molecular weight excluding hydrogens is 288 g/mol. The van der Waals surface area contributed by atoms with Gasteiger partial charge < -0.3 is 10.6 Å². The summed E-state index contributed by atoms with van der Waals surface area (Å²) in [6.45, 7) is 5.47. The molecule has 3 N–H and O–H groups in total. The number of anilines is 1. The van der Waals surface area contributed by atoms with E-state index in [1.807, 2.05) is 30.4 Å². The highest BCUT2D eigenvalue weighted by molar-refractivity contribution is 5.97. The minimum absolute atomic E-state index is 0.0154. The van der Waals surface area contributed by atoms with Crippen molar-refractivity contribution in [2.45, 2.75) is 32.9 Å². The van der Waals surface area contributed by atoms with Crippen LogP contribution in [0.15, 0.2) is 54.6 Å². The fraction of sp³-hybridized carbons (Fsp3) is 0.263. The summed E-state index contributed by atoms with van der Waals surface area (Å²) in [6, 6.07) is 17.1. The molecule has 1 amide bonds. The molecule has 0 radical (unpaired) electrons. The van der Waals surface area contributed by atoms with Crippen molar-refractivity contribution in [3.8, 4) is 0 Å². The lowest BCUT2D eigenvalue weighted by molar-refractivity contribution is -0.709. The second kappa shape index (κ2) is 7.70. The lowest BCUT2D eigenvalue weighted by Gasteiger charge is -2.17. The normalized spacial score (nSPS) is 13.2. The van der Waals surface area contributed by atoms with Crippen LogP contribution < -0.4 is 10.6 Å². The monoisotopic (exact) mass is 311 g/mol. The molecule has 0 aliphatic carbocycles. The molecule has 0 spiro atoms. The Labute approximate surface area is 136 Å². The second-order valence-electron chi connectivity index (χ2n) is 5.81. The molecule has 0 aliphatic heterocycles. The van der Waals surface area contributed by atoms with Crippen LogP contribution in [0.1, 0.15) is 42.7 Å². The van der Waals surface area contributed by atoms with Crippen LogP contribution in [0, 0.1) is 0 Å². The minimum atomic E-state index is -0.230. The summed E-state index contributed by atoms with van der Waals surface area (Å²) in [5.41, 5.74) is 2.43. The van der Waals surface area contributed by atoms with Crippen LogP contribution in [0.25, 0.3) is 0 Å². The van der Waals surface area contributed by atoms with Gasteiger partial charge in [0.2, 0.25) is 0 Å². The predicted molar refractivity (Wildman–Crippen MR) is 91.3 cm³/mol. The first-order chi connectivity index (χ1) is 11.0. The van der Waals surface area contributed by atoms with Crippen LogP contribution in [0.4, 0.5) is 5.69 Å². The zero-order valence-corrected chi connectivity index (χ0v) is 13.7. The van der Waals surface area contributed by atoms with Crippen LogP contribution in [-0.4, -0.2) is 17.7 Å². The number of benzene rings is 2. The Balaban J connectivity index is 1.97. The summed E-state index contributed by atoms with van der Waals surface area (Å²) in [5.74, 6) is -0.0908. The first-order valence-corrected chi connectivity index (χ1v) is 7.79. The number of quaternary nitrogens is 1. The zero-order chi connectivity index (χ0) is 16.8. The van der Waals surface area contributed by atoms with Gasteiger partial charge in [-0.2, -0.15) is 0 Å². The Bertz CT molecular complexity index is 683. The third kappa shape index (κ3) is 4.76. The van der Waals surface area contributed by atoms with Crippen LogP contribution >= 0.6 is 0 Å². The van der Waals surface area contributed by atoms with Gasteiger partial charge >= 0.3 is 0 Å². The number of carbonyl (C=O) groups excluding carboxylic acids is 2. The van der Waals surface area contributed by atoms with Gasteiger partial charge in [0.15, 0.2) is 11.8 Å². The topological polar surface area (TPSA) is 62.8 Å². The number of rotatable bonds is 6. The quantitative estimate of drug-likeness (QED) is 0.805. The van der Waals surface area contributed by atoms with Crippen LogP contribution in [0.2, 0.25) is 0 Å². The number of carbonyl (C=O) groups is 2. The SMILES string of the molecule is CC(=O)c1cccc(NC(=O)[C@H](C)[NH2+][C@@H](C)c2ccccc2)c1. The highest BCUT2D eigenvalue weighted by atomic mass is 16.2. The molecule has 4 heteroatoms. The second-order valence-corrected chi connectivity index (χ2v) is 5.81. The Hall–Kier alpha value is -2.46. The van der Waals surface area contributed by atoms with Crippen LogP contribution in [0.5, 0.6) is 0 Å². The van der Waals surface area contributed by atoms with Gasteiger partial charge in [-0.25, -0.2) is 0 Å². The summed E-state index contributed by atoms with van der Waals surface area (Å²) in [7, 11) is 0. The van der Waals surface area contributed by atoms with Crippen molar-refractivity contribution in [3.05, 3.63) is 65.7 Å². The van der Waals surface area contributed by atoms with E-state index >= 15 is 0 Å². The van der Waals surface area contributed by atoms with Crippen molar-refractivity contribution < 1.29 is 14.9 Å². The largest absolute Gasteiger partial charge is 0.330 e. The predicted octanol–water partition coefficient (Wildman–Crippen LogP) is 2.54. The lowest BCUT2D eigenvalue weighted by Crippen LogP contribution is -2.91. The number of nitrogens with one attached hydrogen (secondary N) is 1. The van der Waals surface area contributed by atoms with Crippen LogP contribution in [-0.2, 0) is 4.79 Å². The van der Waals surface area contributed by atoms with Gasteiger partial charge in [0, 0.05) is 16.8 Å².